The largest absolute Gasteiger partial charge is 0.480 e. The van der Waals surface area contributed by atoms with Crippen LogP contribution in [0.15, 0.2) is 10.9 Å². The summed E-state index contributed by atoms with van der Waals surface area (Å²) in [6, 6.07) is 0.202. The quantitative estimate of drug-likeness (QED) is 0.752. The fourth-order valence-corrected chi connectivity index (χ4v) is 2.67. The Kier molecular flexibility index (Phi) is 4.98. The number of H-pyrrole nitrogens is 1. The van der Waals surface area contributed by atoms with Gasteiger partial charge in [-0.25, -0.2) is 4.79 Å². The van der Waals surface area contributed by atoms with Crippen molar-refractivity contribution in [3.63, 3.8) is 0 Å². The van der Waals surface area contributed by atoms with Crippen LogP contribution in [0.5, 0.6) is 0 Å². The van der Waals surface area contributed by atoms with E-state index in [9.17, 15) is 19.2 Å². The zero-order chi connectivity index (χ0) is 17.1. The maximum Gasteiger partial charge on any atom is 0.326 e. The molecule has 1 aliphatic carbocycles. The van der Waals surface area contributed by atoms with E-state index in [1.54, 1.807) is 0 Å². The molecule has 2 rings (SSSR count). The number of carbonyl (C=O) groups excluding carboxylic acids is 2. The van der Waals surface area contributed by atoms with E-state index in [1.807, 2.05) is 13.8 Å². The molecule has 0 aromatic carbocycles. The molecule has 3 N–H and O–H groups in total. The number of amides is 1. The summed E-state index contributed by atoms with van der Waals surface area (Å²) in [4.78, 5) is 50.0. The van der Waals surface area contributed by atoms with Gasteiger partial charge in [0.05, 0.1) is 0 Å². The number of ketones is 1. The standard InChI is InChI=1S/C16H20N2O5/c1-8(2)6-12(16(22)23)18-15(21)10-7-9-11(17-14(10)20)4-3-5-13(9)19/h7-8,12H,3-6H2,1-2H3,(H,17,20)(H,18,21)(H,22,23)/t12-/m1/s1. The molecule has 0 radical (unpaired) electrons. The second-order valence-corrected chi connectivity index (χ2v) is 6.17. The summed E-state index contributed by atoms with van der Waals surface area (Å²) in [6.07, 6.45) is 1.89. The van der Waals surface area contributed by atoms with Gasteiger partial charge in [-0.2, -0.15) is 0 Å². The van der Waals surface area contributed by atoms with Crippen LogP contribution in [0.3, 0.4) is 0 Å². The van der Waals surface area contributed by atoms with Crippen molar-refractivity contribution in [1.29, 1.82) is 0 Å². The zero-order valence-electron chi connectivity index (χ0n) is 13.1. The predicted molar refractivity (Wildman–Crippen MR) is 82.7 cm³/mol. The number of aromatic amines is 1. The normalized spacial score (nSPS) is 15.2. The van der Waals surface area contributed by atoms with Crippen LogP contribution < -0.4 is 10.9 Å². The lowest BCUT2D eigenvalue weighted by molar-refractivity contribution is -0.139. The number of pyridine rings is 1. The number of nitrogens with one attached hydrogen (secondary N) is 2. The van der Waals surface area contributed by atoms with Crippen LogP contribution in [0, 0.1) is 5.92 Å². The Morgan fingerprint density at radius 1 is 1.30 bits per heavy atom. The third-order valence-electron chi connectivity index (χ3n) is 3.81. The molecule has 0 saturated carbocycles. The molecule has 0 fully saturated rings. The van der Waals surface area contributed by atoms with Gasteiger partial charge in [0.2, 0.25) is 0 Å². The van der Waals surface area contributed by atoms with E-state index < -0.39 is 23.5 Å². The van der Waals surface area contributed by atoms with E-state index in [0.29, 0.717) is 30.5 Å². The summed E-state index contributed by atoms with van der Waals surface area (Å²) >= 11 is 0. The first-order valence-corrected chi connectivity index (χ1v) is 7.62. The highest BCUT2D eigenvalue weighted by Gasteiger charge is 2.25. The average Bonchev–Trinajstić information content (AvgIpc) is 2.45. The number of carbonyl (C=O) groups is 3. The van der Waals surface area contributed by atoms with E-state index in [4.69, 9.17) is 5.11 Å². The van der Waals surface area contributed by atoms with Gasteiger partial charge in [0, 0.05) is 17.7 Å². The Morgan fingerprint density at radius 3 is 2.61 bits per heavy atom. The Hall–Kier alpha value is -2.44. The number of hydrogen-bond acceptors (Lipinski definition) is 4. The van der Waals surface area contributed by atoms with Crippen molar-refractivity contribution in [1.82, 2.24) is 10.3 Å². The van der Waals surface area contributed by atoms with Gasteiger partial charge >= 0.3 is 5.97 Å². The molecule has 1 aliphatic rings. The molecule has 7 heteroatoms. The highest BCUT2D eigenvalue weighted by Crippen LogP contribution is 2.18. The molecule has 0 saturated heterocycles. The molecule has 0 aliphatic heterocycles. The van der Waals surface area contributed by atoms with Crippen LogP contribution in [0.2, 0.25) is 0 Å². The summed E-state index contributed by atoms with van der Waals surface area (Å²) in [6.45, 7) is 3.68. The third-order valence-corrected chi connectivity index (χ3v) is 3.81. The number of aliphatic carboxylic acids is 1. The summed E-state index contributed by atoms with van der Waals surface area (Å²) in [5, 5.41) is 11.5. The summed E-state index contributed by atoms with van der Waals surface area (Å²) < 4.78 is 0. The van der Waals surface area contributed by atoms with Crippen LogP contribution in [0.1, 0.15) is 59.5 Å². The topological polar surface area (TPSA) is 116 Å². The van der Waals surface area contributed by atoms with Crippen molar-refractivity contribution in [2.75, 3.05) is 0 Å². The molecule has 1 aromatic heterocycles. The third kappa shape index (κ3) is 3.85. The summed E-state index contributed by atoms with van der Waals surface area (Å²) in [5.41, 5.74) is 0.0511. The first kappa shape index (κ1) is 16.9. The minimum Gasteiger partial charge on any atom is -0.480 e. The average molecular weight is 320 g/mol. The van der Waals surface area contributed by atoms with Crippen LogP contribution in [0.4, 0.5) is 0 Å². The van der Waals surface area contributed by atoms with Crippen molar-refractivity contribution < 1.29 is 19.5 Å². The molecule has 0 bridgehead atoms. The number of fused-ring (bicyclic) bond motifs is 1. The molecule has 1 amide bonds. The van der Waals surface area contributed by atoms with Gasteiger partial charge in [-0.05, 0) is 31.2 Å². The second kappa shape index (κ2) is 6.76. The smallest absolute Gasteiger partial charge is 0.326 e. The molecule has 7 nitrogen and oxygen atoms in total. The van der Waals surface area contributed by atoms with Gasteiger partial charge in [-0.1, -0.05) is 13.8 Å². The van der Waals surface area contributed by atoms with E-state index in [2.05, 4.69) is 10.3 Å². The fourth-order valence-electron chi connectivity index (χ4n) is 2.67. The zero-order valence-corrected chi connectivity index (χ0v) is 13.1. The van der Waals surface area contributed by atoms with Gasteiger partial charge in [0.1, 0.15) is 11.6 Å². The molecule has 124 valence electrons. The minimum absolute atomic E-state index is 0.0693. The number of carboxylic acid groups (broad SMARTS) is 1. The number of rotatable bonds is 5. The van der Waals surface area contributed by atoms with Gasteiger partial charge in [0.15, 0.2) is 5.78 Å². The van der Waals surface area contributed by atoms with Crippen LogP contribution in [-0.4, -0.2) is 33.8 Å². The molecule has 1 heterocycles. The van der Waals surface area contributed by atoms with Gasteiger partial charge < -0.3 is 15.4 Å². The monoisotopic (exact) mass is 320 g/mol. The minimum atomic E-state index is -1.16. The molecule has 0 unspecified atom stereocenters. The molecular weight excluding hydrogens is 300 g/mol. The fraction of sp³-hybridized carbons (Fsp3) is 0.500. The lowest BCUT2D eigenvalue weighted by atomic mass is 9.93. The van der Waals surface area contributed by atoms with E-state index >= 15 is 0 Å². The predicted octanol–water partition coefficient (Wildman–Crippen LogP) is 1.12. The SMILES string of the molecule is CC(C)C[C@@H](NC(=O)c1cc2c([nH]c1=O)CCCC2=O)C(=O)O. The Labute approximate surface area is 133 Å². The van der Waals surface area contributed by atoms with Gasteiger partial charge in [-0.3, -0.25) is 14.4 Å². The first-order valence-electron chi connectivity index (χ1n) is 7.62. The number of aromatic nitrogens is 1. The van der Waals surface area contributed by atoms with Crippen molar-refractivity contribution in [2.45, 2.75) is 45.6 Å². The van der Waals surface area contributed by atoms with Crippen LogP contribution in [0.25, 0.3) is 0 Å². The molecule has 1 aromatic rings. The lowest BCUT2D eigenvalue weighted by Crippen LogP contribution is -2.43. The number of carboxylic acids is 1. The van der Waals surface area contributed by atoms with Crippen molar-refractivity contribution in [3.05, 3.63) is 33.2 Å². The van der Waals surface area contributed by atoms with Crippen molar-refractivity contribution >= 4 is 17.7 Å². The molecule has 0 spiro atoms. The van der Waals surface area contributed by atoms with E-state index in [0.717, 1.165) is 0 Å². The lowest BCUT2D eigenvalue weighted by Gasteiger charge is -2.18. The molecule has 23 heavy (non-hydrogen) atoms. The first-order chi connectivity index (χ1) is 10.8. The van der Waals surface area contributed by atoms with Gasteiger partial charge in [-0.15, -0.1) is 0 Å². The number of Topliss-reactive ketones (excluding diaryl/α,β-unsaturated/α-hetero) is 1. The van der Waals surface area contributed by atoms with Gasteiger partial charge in [0.25, 0.3) is 11.5 Å². The van der Waals surface area contributed by atoms with E-state index in [1.165, 1.54) is 6.07 Å². The van der Waals surface area contributed by atoms with Crippen molar-refractivity contribution in [2.24, 2.45) is 5.92 Å². The Morgan fingerprint density at radius 2 is 2.00 bits per heavy atom. The van der Waals surface area contributed by atoms with Crippen LogP contribution in [-0.2, 0) is 11.2 Å². The number of hydrogen-bond donors (Lipinski definition) is 3. The number of aryl methyl sites for hydroxylation is 1. The maximum absolute atomic E-state index is 12.2. The van der Waals surface area contributed by atoms with Crippen molar-refractivity contribution in [3.8, 4) is 0 Å². The summed E-state index contributed by atoms with van der Waals surface area (Å²) in [5.74, 6) is -1.98. The highest BCUT2D eigenvalue weighted by atomic mass is 16.4. The molecule has 1 atom stereocenters. The Balaban J connectivity index is 2.28. The second-order valence-electron chi connectivity index (χ2n) is 6.17. The van der Waals surface area contributed by atoms with E-state index in [-0.39, 0.29) is 23.7 Å². The Bertz CT molecular complexity index is 705. The summed E-state index contributed by atoms with van der Waals surface area (Å²) in [7, 11) is 0. The molecular formula is C16H20N2O5. The highest BCUT2D eigenvalue weighted by molar-refractivity contribution is 6.02. The van der Waals surface area contributed by atoms with Crippen LogP contribution >= 0.6 is 0 Å². The maximum atomic E-state index is 12.2.